The average molecular weight is 314 g/mol. The first-order chi connectivity index (χ1) is 11.6. The van der Waals surface area contributed by atoms with Crippen molar-refractivity contribution in [1.82, 2.24) is 0 Å². The van der Waals surface area contributed by atoms with E-state index < -0.39 is 0 Å². The van der Waals surface area contributed by atoms with Gasteiger partial charge in [0, 0.05) is 11.1 Å². The molecule has 1 N–H and O–H groups in total. The average Bonchev–Trinajstić information content (AvgIpc) is 2.59. The molecule has 3 aromatic rings. The molecule has 0 radical (unpaired) electrons. The van der Waals surface area contributed by atoms with E-state index in [-0.39, 0.29) is 0 Å². The molecule has 0 atom stereocenters. The van der Waals surface area contributed by atoms with Crippen molar-refractivity contribution in [2.24, 2.45) is 5.10 Å². The first-order valence-electron chi connectivity index (χ1n) is 8.16. The minimum Gasteiger partial charge on any atom is -0.278 e. The van der Waals surface area contributed by atoms with E-state index in [1.54, 1.807) is 0 Å². The molecular formula is C22H22N2. The lowest BCUT2D eigenvalue weighted by Crippen LogP contribution is -2.06. The summed E-state index contributed by atoms with van der Waals surface area (Å²) >= 11 is 0. The third-order valence-electron chi connectivity index (χ3n) is 4.00. The third-order valence-corrected chi connectivity index (χ3v) is 4.00. The van der Waals surface area contributed by atoms with Crippen molar-refractivity contribution in [3.05, 3.63) is 101 Å². The molecule has 0 aliphatic heterocycles. The zero-order chi connectivity index (χ0) is 16.9. The minimum absolute atomic E-state index is 0.940. The number of nitrogens with one attached hydrogen (secondary N) is 1. The topological polar surface area (TPSA) is 24.4 Å². The van der Waals surface area contributed by atoms with Crippen LogP contribution in [0, 0.1) is 20.8 Å². The van der Waals surface area contributed by atoms with Crippen LogP contribution in [0.5, 0.6) is 0 Å². The van der Waals surface area contributed by atoms with Gasteiger partial charge in [0.25, 0.3) is 0 Å². The quantitative estimate of drug-likeness (QED) is 0.501. The number of hydrogen-bond donors (Lipinski definition) is 1. The lowest BCUT2D eigenvalue weighted by atomic mass is 10.0. The van der Waals surface area contributed by atoms with Gasteiger partial charge < -0.3 is 0 Å². The van der Waals surface area contributed by atoms with E-state index in [1.807, 2.05) is 12.1 Å². The number of hydrazone groups is 1. The van der Waals surface area contributed by atoms with Crippen molar-refractivity contribution >= 4 is 11.4 Å². The fourth-order valence-corrected chi connectivity index (χ4v) is 2.47. The van der Waals surface area contributed by atoms with E-state index in [0.717, 1.165) is 22.5 Å². The number of nitrogens with zero attached hydrogens (tertiary/aromatic N) is 1. The molecule has 0 amide bonds. The van der Waals surface area contributed by atoms with Gasteiger partial charge >= 0.3 is 0 Å². The van der Waals surface area contributed by atoms with Crippen LogP contribution in [0.1, 0.15) is 27.8 Å². The van der Waals surface area contributed by atoms with Gasteiger partial charge in [-0.2, -0.15) is 5.10 Å². The lowest BCUT2D eigenvalue weighted by Gasteiger charge is -2.10. The van der Waals surface area contributed by atoms with Gasteiger partial charge in [0.15, 0.2) is 0 Å². The molecule has 2 nitrogen and oxygen atoms in total. The van der Waals surface area contributed by atoms with Crippen molar-refractivity contribution in [2.45, 2.75) is 20.8 Å². The van der Waals surface area contributed by atoms with Crippen LogP contribution in [0.15, 0.2) is 77.9 Å². The van der Waals surface area contributed by atoms with Crippen molar-refractivity contribution < 1.29 is 0 Å². The number of aryl methyl sites for hydroxylation is 3. The fraction of sp³-hybridized carbons (Fsp3) is 0.136. The summed E-state index contributed by atoms with van der Waals surface area (Å²) in [4.78, 5) is 0. The maximum Gasteiger partial charge on any atom is 0.0977 e. The van der Waals surface area contributed by atoms with E-state index in [1.165, 1.54) is 16.7 Å². The summed E-state index contributed by atoms with van der Waals surface area (Å²) in [5, 5.41) is 4.69. The standard InChI is InChI=1S/C22H22N2/c1-16-4-10-19(11-5-16)22(20-12-6-17(2)7-13-20)24-23-21-14-8-18(3)9-15-21/h4-15,23H,1-3H3. The molecule has 0 spiro atoms. The summed E-state index contributed by atoms with van der Waals surface area (Å²) in [5.74, 6) is 0. The third kappa shape index (κ3) is 3.90. The molecule has 0 aliphatic rings. The highest BCUT2D eigenvalue weighted by molar-refractivity contribution is 6.13. The Balaban J connectivity index is 1.97. The molecule has 0 saturated carbocycles. The van der Waals surface area contributed by atoms with Crippen molar-refractivity contribution in [3.8, 4) is 0 Å². The molecule has 0 aliphatic carbocycles. The van der Waals surface area contributed by atoms with Gasteiger partial charge in [0.1, 0.15) is 0 Å². The summed E-state index contributed by atoms with van der Waals surface area (Å²) in [5.41, 5.74) is 11.0. The van der Waals surface area contributed by atoms with Crippen LogP contribution in [0.25, 0.3) is 0 Å². The molecule has 0 saturated heterocycles. The second-order valence-electron chi connectivity index (χ2n) is 6.17. The Morgan fingerprint density at radius 1 is 0.583 bits per heavy atom. The SMILES string of the molecule is Cc1ccc(NN=C(c2ccc(C)cc2)c2ccc(C)cc2)cc1. The number of benzene rings is 3. The first kappa shape index (κ1) is 16.0. The molecule has 0 unspecified atom stereocenters. The smallest absolute Gasteiger partial charge is 0.0977 e. The van der Waals surface area contributed by atoms with Crippen LogP contribution in [-0.4, -0.2) is 5.71 Å². The van der Waals surface area contributed by atoms with Crippen LogP contribution in [-0.2, 0) is 0 Å². The summed E-state index contributed by atoms with van der Waals surface area (Å²) < 4.78 is 0. The predicted molar refractivity (Wildman–Crippen MR) is 103 cm³/mol. The number of rotatable bonds is 4. The second kappa shape index (κ2) is 7.14. The van der Waals surface area contributed by atoms with Crippen LogP contribution >= 0.6 is 0 Å². The normalized spacial score (nSPS) is 10.3. The van der Waals surface area contributed by atoms with E-state index in [0.29, 0.717) is 0 Å². The van der Waals surface area contributed by atoms with Gasteiger partial charge in [-0.1, -0.05) is 77.4 Å². The molecule has 2 heteroatoms. The largest absolute Gasteiger partial charge is 0.278 e. The van der Waals surface area contributed by atoms with Crippen LogP contribution in [0.2, 0.25) is 0 Å². The van der Waals surface area contributed by atoms with Crippen molar-refractivity contribution in [3.63, 3.8) is 0 Å². The Morgan fingerprint density at radius 2 is 0.958 bits per heavy atom. The minimum atomic E-state index is 0.940. The molecule has 0 aromatic heterocycles. The highest BCUT2D eigenvalue weighted by atomic mass is 15.3. The Kier molecular flexibility index (Phi) is 4.76. The Morgan fingerprint density at radius 3 is 1.38 bits per heavy atom. The zero-order valence-corrected chi connectivity index (χ0v) is 14.4. The molecule has 3 rings (SSSR count). The van der Waals surface area contributed by atoms with Gasteiger partial charge in [-0.15, -0.1) is 0 Å². The van der Waals surface area contributed by atoms with Gasteiger partial charge in [-0.05, 0) is 32.9 Å². The van der Waals surface area contributed by atoms with Gasteiger partial charge in [-0.25, -0.2) is 0 Å². The van der Waals surface area contributed by atoms with E-state index in [9.17, 15) is 0 Å². The summed E-state index contributed by atoms with van der Waals surface area (Å²) in [6.45, 7) is 6.27. The Hall–Kier alpha value is -2.87. The number of hydrogen-bond acceptors (Lipinski definition) is 2. The summed E-state index contributed by atoms with van der Waals surface area (Å²) in [7, 11) is 0. The molecule has 0 heterocycles. The van der Waals surface area contributed by atoms with Gasteiger partial charge in [0.05, 0.1) is 11.4 Å². The summed E-state index contributed by atoms with van der Waals surface area (Å²) in [6.07, 6.45) is 0. The van der Waals surface area contributed by atoms with Crippen molar-refractivity contribution in [1.29, 1.82) is 0 Å². The Bertz CT molecular complexity index is 779. The molecule has 0 fully saturated rings. The lowest BCUT2D eigenvalue weighted by molar-refractivity contribution is 1.31. The van der Waals surface area contributed by atoms with Gasteiger partial charge in [-0.3, -0.25) is 5.43 Å². The van der Waals surface area contributed by atoms with Crippen molar-refractivity contribution in [2.75, 3.05) is 5.43 Å². The Labute approximate surface area is 143 Å². The molecule has 3 aromatic carbocycles. The predicted octanol–water partition coefficient (Wildman–Crippen LogP) is 5.48. The zero-order valence-electron chi connectivity index (χ0n) is 14.4. The van der Waals surface area contributed by atoms with Gasteiger partial charge in [0.2, 0.25) is 0 Å². The molecule has 120 valence electrons. The summed E-state index contributed by atoms with van der Waals surface area (Å²) in [6, 6.07) is 25.2. The maximum absolute atomic E-state index is 4.69. The molecule has 0 bridgehead atoms. The highest BCUT2D eigenvalue weighted by Gasteiger charge is 2.07. The maximum atomic E-state index is 4.69. The molecular weight excluding hydrogens is 292 g/mol. The van der Waals surface area contributed by atoms with E-state index >= 15 is 0 Å². The van der Waals surface area contributed by atoms with E-state index in [4.69, 9.17) is 5.10 Å². The monoisotopic (exact) mass is 314 g/mol. The van der Waals surface area contributed by atoms with E-state index in [2.05, 4.69) is 86.9 Å². The number of anilines is 1. The fourth-order valence-electron chi connectivity index (χ4n) is 2.47. The van der Waals surface area contributed by atoms with Crippen LogP contribution in [0.3, 0.4) is 0 Å². The van der Waals surface area contributed by atoms with Crippen LogP contribution < -0.4 is 5.43 Å². The molecule has 24 heavy (non-hydrogen) atoms. The van der Waals surface area contributed by atoms with Crippen LogP contribution in [0.4, 0.5) is 5.69 Å². The second-order valence-corrected chi connectivity index (χ2v) is 6.17. The highest BCUT2D eigenvalue weighted by Crippen LogP contribution is 2.15. The first-order valence-corrected chi connectivity index (χ1v) is 8.16.